The van der Waals surface area contributed by atoms with Crippen molar-refractivity contribution in [2.75, 3.05) is 4.90 Å². The van der Waals surface area contributed by atoms with E-state index in [1.54, 1.807) is 30.6 Å². The number of hydrogen-bond acceptors (Lipinski definition) is 4. The molecule has 0 unspecified atom stereocenters. The summed E-state index contributed by atoms with van der Waals surface area (Å²) >= 11 is 5.23. The monoisotopic (exact) mass is 402 g/mol. The predicted molar refractivity (Wildman–Crippen MR) is 116 cm³/mol. The molecule has 2 amide bonds. The van der Waals surface area contributed by atoms with Crippen LogP contribution < -0.4 is 10.2 Å². The molecule has 0 saturated carbocycles. The van der Waals surface area contributed by atoms with Crippen molar-refractivity contribution in [1.29, 1.82) is 0 Å². The molecule has 29 heavy (non-hydrogen) atoms. The summed E-state index contributed by atoms with van der Waals surface area (Å²) in [6.07, 6.45) is 5.07. The molecule has 1 fully saturated rings. The van der Waals surface area contributed by atoms with Gasteiger partial charge >= 0.3 is 0 Å². The van der Waals surface area contributed by atoms with Gasteiger partial charge in [0.15, 0.2) is 5.11 Å². The minimum Gasteiger partial charge on any atom is -0.318 e. The summed E-state index contributed by atoms with van der Waals surface area (Å²) in [5, 5.41) is 2.69. The van der Waals surface area contributed by atoms with E-state index in [2.05, 4.69) is 14.9 Å². The van der Waals surface area contributed by atoms with Gasteiger partial charge in [-0.3, -0.25) is 24.8 Å². The molecule has 144 valence electrons. The number of carbonyl (C=O) groups is 2. The van der Waals surface area contributed by atoms with Crippen LogP contribution in [0.25, 0.3) is 11.8 Å². The zero-order valence-corrected chi connectivity index (χ0v) is 16.7. The van der Waals surface area contributed by atoms with Gasteiger partial charge in [-0.1, -0.05) is 18.2 Å². The quantitative estimate of drug-likeness (QED) is 0.415. The summed E-state index contributed by atoms with van der Waals surface area (Å²) in [7, 11) is 0. The second kappa shape index (κ2) is 7.44. The smallest absolute Gasteiger partial charge is 0.270 e. The maximum absolute atomic E-state index is 13.1. The second-order valence-corrected chi connectivity index (χ2v) is 7.05. The fraction of sp³-hybridized carbons (Fsp3) is 0.0909. The number of thiocarbonyl (C=S) groups is 1. The normalized spacial score (nSPS) is 15.7. The second-order valence-electron chi connectivity index (χ2n) is 6.66. The van der Waals surface area contributed by atoms with Crippen LogP contribution in [-0.2, 0) is 9.59 Å². The Morgan fingerprint density at radius 3 is 2.38 bits per heavy atom. The van der Waals surface area contributed by atoms with Crippen molar-refractivity contribution in [1.82, 2.24) is 14.9 Å². The van der Waals surface area contributed by atoms with Gasteiger partial charge in [-0.15, -0.1) is 0 Å². The molecule has 2 aromatic heterocycles. The first kappa shape index (κ1) is 18.8. The third kappa shape index (κ3) is 3.36. The van der Waals surface area contributed by atoms with Crippen LogP contribution in [0.4, 0.5) is 5.69 Å². The average Bonchev–Trinajstić information content (AvgIpc) is 2.99. The fourth-order valence-electron chi connectivity index (χ4n) is 3.45. The van der Waals surface area contributed by atoms with Crippen LogP contribution in [0.15, 0.2) is 66.5 Å². The number of benzene rings is 1. The van der Waals surface area contributed by atoms with Crippen molar-refractivity contribution >= 4 is 40.9 Å². The molecule has 4 rings (SSSR count). The van der Waals surface area contributed by atoms with Gasteiger partial charge in [0.2, 0.25) is 0 Å². The predicted octanol–water partition coefficient (Wildman–Crippen LogP) is 3.32. The van der Waals surface area contributed by atoms with Crippen molar-refractivity contribution in [3.05, 3.63) is 83.4 Å². The van der Waals surface area contributed by atoms with Gasteiger partial charge in [0.1, 0.15) is 5.57 Å². The van der Waals surface area contributed by atoms with Crippen molar-refractivity contribution in [2.45, 2.75) is 13.8 Å². The molecule has 0 atom stereocenters. The Hall–Kier alpha value is -3.58. The van der Waals surface area contributed by atoms with Crippen LogP contribution in [-0.4, -0.2) is 26.5 Å². The lowest BCUT2D eigenvalue weighted by Crippen LogP contribution is -2.54. The Morgan fingerprint density at radius 1 is 1.00 bits per heavy atom. The Bertz CT molecular complexity index is 1150. The molecule has 1 N–H and O–H groups in total. The third-order valence-electron chi connectivity index (χ3n) is 4.81. The van der Waals surface area contributed by atoms with E-state index in [1.165, 1.54) is 4.90 Å². The largest absolute Gasteiger partial charge is 0.318 e. The lowest BCUT2D eigenvalue weighted by atomic mass is 10.1. The standard InChI is InChI=1S/C22H18N4O2S/c1-14-12-16(15(2)25(14)18-8-10-23-11-9-18)13-19-20(27)24-22(29)26(21(19)28)17-6-4-3-5-7-17/h3-13H,1-2H3,(H,24,27,29)/b19-13-. The number of para-hydroxylation sites is 1. The van der Waals surface area contributed by atoms with Crippen molar-refractivity contribution < 1.29 is 9.59 Å². The van der Waals surface area contributed by atoms with Crippen LogP contribution in [0.5, 0.6) is 0 Å². The highest BCUT2D eigenvalue weighted by atomic mass is 32.1. The summed E-state index contributed by atoms with van der Waals surface area (Å²) < 4.78 is 2.05. The zero-order valence-electron chi connectivity index (χ0n) is 15.9. The molecule has 1 aromatic carbocycles. The molecular formula is C22H18N4O2S. The topological polar surface area (TPSA) is 67.2 Å². The van der Waals surface area contributed by atoms with E-state index in [1.807, 2.05) is 50.2 Å². The number of carbonyl (C=O) groups excluding carboxylic acids is 2. The number of nitrogens with zero attached hydrogens (tertiary/aromatic N) is 3. The number of pyridine rings is 1. The van der Waals surface area contributed by atoms with E-state index in [4.69, 9.17) is 12.2 Å². The molecule has 6 nitrogen and oxygen atoms in total. The summed E-state index contributed by atoms with van der Waals surface area (Å²) in [4.78, 5) is 31.1. The SMILES string of the molecule is Cc1cc(/C=C2/C(=O)NC(=S)N(c3ccccc3)C2=O)c(C)n1-c1ccncc1. The molecule has 3 heterocycles. The van der Waals surface area contributed by atoms with Crippen LogP contribution in [0.3, 0.4) is 0 Å². The van der Waals surface area contributed by atoms with Crippen LogP contribution in [0, 0.1) is 13.8 Å². The first-order valence-corrected chi connectivity index (χ1v) is 9.44. The van der Waals surface area contributed by atoms with Gasteiger partial charge in [0, 0.05) is 29.5 Å². The number of nitrogens with one attached hydrogen (secondary N) is 1. The van der Waals surface area contributed by atoms with E-state index in [-0.39, 0.29) is 10.7 Å². The molecule has 0 radical (unpaired) electrons. The first-order valence-electron chi connectivity index (χ1n) is 9.03. The molecule has 3 aromatic rings. The fourth-order valence-corrected chi connectivity index (χ4v) is 3.73. The molecule has 1 aliphatic rings. The summed E-state index contributed by atoms with van der Waals surface area (Å²) in [5.74, 6) is -0.945. The van der Waals surface area contributed by atoms with Gasteiger partial charge in [-0.25, -0.2) is 0 Å². The molecule has 0 aliphatic carbocycles. The highest BCUT2D eigenvalue weighted by molar-refractivity contribution is 7.80. The van der Waals surface area contributed by atoms with Gasteiger partial charge in [-0.05, 0) is 68.0 Å². The zero-order chi connectivity index (χ0) is 20.5. The Balaban J connectivity index is 1.77. The molecular weight excluding hydrogens is 384 g/mol. The van der Waals surface area contributed by atoms with Crippen molar-refractivity contribution in [2.24, 2.45) is 0 Å². The summed E-state index contributed by atoms with van der Waals surface area (Å²) in [6, 6.07) is 14.8. The highest BCUT2D eigenvalue weighted by Gasteiger charge is 2.34. The number of amides is 2. The lowest BCUT2D eigenvalue weighted by Gasteiger charge is -2.28. The van der Waals surface area contributed by atoms with Gasteiger partial charge < -0.3 is 4.57 Å². The number of rotatable bonds is 3. The maximum Gasteiger partial charge on any atom is 0.270 e. The van der Waals surface area contributed by atoms with Crippen LogP contribution in [0.1, 0.15) is 17.0 Å². The molecule has 0 bridgehead atoms. The molecule has 1 saturated heterocycles. The average molecular weight is 402 g/mol. The van der Waals surface area contributed by atoms with E-state index < -0.39 is 11.8 Å². The van der Waals surface area contributed by atoms with Gasteiger partial charge in [-0.2, -0.15) is 0 Å². The summed E-state index contributed by atoms with van der Waals surface area (Å²) in [6.45, 7) is 3.92. The maximum atomic E-state index is 13.1. The third-order valence-corrected chi connectivity index (χ3v) is 5.09. The minimum absolute atomic E-state index is 0.0393. The number of hydrogen-bond donors (Lipinski definition) is 1. The van der Waals surface area contributed by atoms with Crippen LogP contribution >= 0.6 is 12.2 Å². The van der Waals surface area contributed by atoms with Crippen LogP contribution in [0.2, 0.25) is 0 Å². The lowest BCUT2D eigenvalue weighted by molar-refractivity contribution is -0.122. The molecule has 0 spiro atoms. The number of aryl methyl sites for hydroxylation is 1. The van der Waals surface area contributed by atoms with Crippen molar-refractivity contribution in [3.63, 3.8) is 0 Å². The van der Waals surface area contributed by atoms with E-state index in [9.17, 15) is 9.59 Å². The van der Waals surface area contributed by atoms with E-state index >= 15 is 0 Å². The molecule has 1 aliphatic heterocycles. The van der Waals surface area contributed by atoms with Crippen molar-refractivity contribution in [3.8, 4) is 5.69 Å². The number of anilines is 1. The summed E-state index contributed by atoms with van der Waals surface area (Å²) in [5.41, 5.74) is 4.30. The number of aromatic nitrogens is 2. The Labute approximate surface area is 173 Å². The highest BCUT2D eigenvalue weighted by Crippen LogP contribution is 2.25. The van der Waals surface area contributed by atoms with E-state index in [0.29, 0.717) is 5.69 Å². The Kier molecular flexibility index (Phi) is 4.82. The molecule has 7 heteroatoms. The Morgan fingerprint density at radius 2 is 1.69 bits per heavy atom. The minimum atomic E-state index is -0.499. The van der Waals surface area contributed by atoms with Gasteiger partial charge in [0.25, 0.3) is 11.8 Å². The van der Waals surface area contributed by atoms with E-state index in [0.717, 1.165) is 22.6 Å². The van der Waals surface area contributed by atoms with Gasteiger partial charge in [0.05, 0.1) is 5.69 Å². The first-order chi connectivity index (χ1) is 14.0.